The molecule has 0 saturated carbocycles. The second-order valence-corrected chi connectivity index (χ2v) is 16.5. The lowest BCUT2D eigenvalue weighted by Gasteiger charge is -2.28. The van der Waals surface area contributed by atoms with Crippen molar-refractivity contribution in [3.8, 4) is 0 Å². The number of nitrogens with zero attached hydrogens (tertiary/aromatic N) is 1. The molecular formula is C41H41NO2P2. The fourth-order valence-electron chi connectivity index (χ4n) is 7.60. The van der Waals surface area contributed by atoms with Crippen LogP contribution in [0.15, 0.2) is 118 Å². The Morgan fingerprint density at radius 3 is 1.61 bits per heavy atom. The molecule has 0 unspecified atom stereocenters. The standard InChI is InChI=1S/C41H41NO2P2/c1-29(34-21-13-14-24-39(34)45(32-17-5-3-6-18-32)33-19-7-4-8-20-33)42(2)46-43-37-27-25-30-15-9-11-22-35(30)40(37)41-36-23-12-10-16-31(36)26-28-38(41)44-46/h3-8,13-14,17-21,24-29H,9-12,15-16,22-23H2,1-2H3/t29-/m1/s1. The van der Waals surface area contributed by atoms with Crippen LogP contribution in [-0.4, -0.2) is 7.05 Å². The van der Waals surface area contributed by atoms with Gasteiger partial charge in [0.1, 0.15) is 11.2 Å². The van der Waals surface area contributed by atoms with Gasteiger partial charge in [0.25, 0.3) is 0 Å². The first-order chi connectivity index (χ1) is 22.7. The monoisotopic (exact) mass is 641 g/mol. The Hall–Kier alpha value is -3.61. The molecule has 0 N–H and O–H groups in total. The minimum Gasteiger partial charge on any atom is -0.408 e. The van der Waals surface area contributed by atoms with Gasteiger partial charge in [-0.05, 0) is 122 Å². The van der Waals surface area contributed by atoms with Crippen LogP contribution < -0.4 is 20.6 Å². The van der Waals surface area contributed by atoms with E-state index in [2.05, 4.69) is 128 Å². The molecule has 8 rings (SSSR count). The van der Waals surface area contributed by atoms with E-state index in [1.165, 1.54) is 80.2 Å². The van der Waals surface area contributed by atoms with E-state index in [1.807, 2.05) is 0 Å². The summed E-state index contributed by atoms with van der Waals surface area (Å²) in [5.41, 5.74) is 9.26. The molecule has 0 spiro atoms. The zero-order valence-electron chi connectivity index (χ0n) is 26.8. The van der Waals surface area contributed by atoms with Crippen LogP contribution in [0.3, 0.4) is 0 Å². The zero-order chi connectivity index (χ0) is 31.0. The average Bonchev–Trinajstić information content (AvgIpc) is 3.30. The topological polar surface area (TPSA) is 29.5 Å². The summed E-state index contributed by atoms with van der Waals surface area (Å²) < 4.78 is 16.4. The maximum absolute atomic E-state index is 7.04. The summed E-state index contributed by atoms with van der Waals surface area (Å²) in [6.07, 6.45) is 9.56. The van der Waals surface area contributed by atoms with Crippen LogP contribution in [0, 0.1) is 0 Å². The summed E-state index contributed by atoms with van der Waals surface area (Å²) in [6, 6.07) is 40.2. The SMILES string of the molecule is C[C@H](c1ccccc1P(c1ccccc1)c1ccccc1)N(C)p1oc2ccc3c(c2c2c4c(ccc2o1)CCCC4)CCCC3. The highest BCUT2D eigenvalue weighted by molar-refractivity contribution is 7.79. The Morgan fingerprint density at radius 2 is 1.07 bits per heavy atom. The summed E-state index contributed by atoms with van der Waals surface area (Å²) in [5.74, 6) is 0. The third-order valence-corrected chi connectivity index (χ3v) is 14.2. The van der Waals surface area contributed by atoms with Crippen molar-refractivity contribution in [3.05, 3.63) is 137 Å². The fraction of sp³-hybridized carbons (Fsp3) is 0.268. The number of aryl methyl sites for hydroxylation is 4. The van der Waals surface area contributed by atoms with Gasteiger partial charge in [0, 0.05) is 23.9 Å². The molecule has 232 valence electrons. The highest BCUT2D eigenvalue weighted by Gasteiger charge is 2.27. The Balaban J connectivity index is 1.30. The smallest absolute Gasteiger partial charge is 0.309 e. The van der Waals surface area contributed by atoms with Crippen molar-refractivity contribution in [2.75, 3.05) is 11.7 Å². The average molecular weight is 642 g/mol. The molecule has 6 aromatic rings. The molecule has 46 heavy (non-hydrogen) atoms. The molecule has 1 atom stereocenters. The molecule has 1 heterocycles. The van der Waals surface area contributed by atoms with Gasteiger partial charge in [-0.1, -0.05) is 97.1 Å². The number of benzene rings is 5. The normalized spacial score (nSPS) is 15.2. The minimum absolute atomic E-state index is 0.0694. The number of hydrogen-bond acceptors (Lipinski definition) is 3. The first kappa shape index (κ1) is 29.8. The van der Waals surface area contributed by atoms with E-state index in [1.54, 1.807) is 0 Å². The summed E-state index contributed by atoms with van der Waals surface area (Å²) in [4.78, 5) is 0. The summed E-state index contributed by atoms with van der Waals surface area (Å²) in [7, 11) is 0.0164. The molecule has 2 aliphatic carbocycles. The van der Waals surface area contributed by atoms with Crippen molar-refractivity contribution < 1.29 is 8.39 Å². The van der Waals surface area contributed by atoms with E-state index in [4.69, 9.17) is 8.39 Å². The summed E-state index contributed by atoms with van der Waals surface area (Å²) >= 11 is 0. The molecule has 3 nitrogen and oxygen atoms in total. The highest BCUT2D eigenvalue weighted by atomic mass is 31.1. The van der Waals surface area contributed by atoms with Crippen molar-refractivity contribution in [2.45, 2.75) is 64.3 Å². The maximum atomic E-state index is 7.04. The van der Waals surface area contributed by atoms with Crippen LogP contribution in [0.5, 0.6) is 0 Å². The third-order valence-electron chi connectivity index (χ3n) is 10.1. The van der Waals surface area contributed by atoms with E-state index in [9.17, 15) is 0 Å². The lowest BCUT2D eigenvalue weighted by atomic mass is 9.84. The van der Waals surface area contributed by atoms with Gasteiger partial charge >= 0.3 is 8.16 Å². The van der Waals surface area contributed by atoms with Gasteiger partial charge in [0.2, 0.25) is 0 Å². The number of hydrogen-bond donors (Lipinski definition) is 0. The van der Waals surface area contributed by atoms with E-state index < -0.39 is 16.1 Å². The predicted molar refractivity (Wildman–Crippen MR) is 197 cm³/mol. The lowest BCUT2D eigenvalue weighted by molar-refractivity contribution is 0.611. The lowest BCUT2D eigenvalue weighted by Crippen LogP contribution is -2.28. The largest absolute Gasteiger partial charge is 0.408 e. The maximum Gasteiger partial charge on any atom is 0.309 e. The van der Waals surface area contributed by atoms with Crippen LogP contribution in [0.1, 0.15) is 66.5 Å². The van der Waals surface area contributed by atoms with E-state index in [0.29, 0.717) is 0 Å². The number of rotatable bonds is 6. The van der Waals surface area contributed by atoms with E-state index in [0.717, 1.165) is 36.8 Å². The first-order valence-corrected chi connectivity index (χ1v) is 19.3. The van der Waals surface area contributed by atoms with Gasteiger partial charge in [-0.25, -0.2) is 0 Å². The molecule has 0 saturated heterocycles. The van der Waals surface area contributed by atoms with Gasteiger partial charge in [-0.3, -0.25) is 0 Å². The molecule has 0 fully saturated rings. The van der Waals surface area contributed by atoms with E-state index in [-0.39, 0.29) is 6.04 Å². The number of fused-ring (bicyclic) bond motifs is 7. The molecule has 0 amide bonds. The quantitative estimate of drug-likeness (QED) is 0.170. The van der Waals surface area contributed by atoms with Gasteiger partial charge < -0.3 is 8.39 Å². The molecule has 5 heteroatoms. The Labute approximate surface area is 274 Å². The van der Waals surface area contributed by atoms with Crippen LogP contribution in [0.25, 0.3) is 21.9 Å². The van der Waals surface area contributed by atoms with Gasteiger partial charge in [-0.15, -0.1) is 0 Å². The van der Waals surface area contributed by atoms with Crippen molar-refractivity contribution in [3.63, 3.8) is 0 Å². The Bertz CT molecular complexity index is 1940. The van der Waals surface area contributed by atoms with Gasteiger partial charge in [0.15, 0.2) is 0 Å². The third kappa shape index (κ3) is 5.43. The van der Waals surface area contributed by atoms with Gasteiger partial charge in [0.05, 0.1) is 0 Å². The van der Waals surface area contributed by atoms with Crippen molar-refractivity contribution in [1.29, 1.82) is 0 Å². The van der Waals surface area contributed by atoms with Crippen molar-refractivity contribution in [2.24, 2.45) is 0 Å². The highest BCUT2D eigenvalue weighted by Crippen LogP contribution is 2.45. The second-order valence-electron chi connectivity index (χ2n) is 12.8. The molecule has 1 aromatic heterocycles. The van der Waals surface area contributed by atoms with Crippen LogP contribution >= 0.6 is 16.1 Å². The fourth-order valence-corrected chi connectivity index (χ4v) is 11.5. The summed E-state index contributed by atoms with van der Waals surface area (Å²) in [6.45, 7) is 2.31. The molecule has 0 bridgehead atoms. The summed E-state index contributed by atoms with van der Waals surface area (Å²) in [5, 5.41) is 6.72. The van der Waals surface area contributed by atoms with Crippen molar-refractivity contribution >= 4 is 53.9 Å². The Kier molecular flexibility index (Phi) is 8.34. The van der Waals surface area contributed by atoms with Crippen LogP contribution in [-0.2, 0) is 25.7 Å². The molecule has 0 aliphatic heterocycles. The minimum atomic E-state index is -1.42. The van der Waals surface area contributed by atoms with E-state index >= 15 is 0 Å². The van der Waals surface area contributed by atoms with Crippen LogP contribution in [0.2, 0.25) is 0 Å². The zero-order valence-corrected chi connectivity index (χ0v) is 28.6. The molecule has 5 aromatic carbocycles. The molecule has 0 radical (unpaired) electrons. The molecular weight excluding hydrogens is 600 g/mol. The second kappa shape index (κ2) is 12.9. The van der Waals surface area contributed by atoms with Gasteiger partial charge in [-0.2, -0.15) is 4.67 Å². The first-order valence-electron chi connectivity index (χ1n) is 16.8. The van der Waals surface area contributed by atoms with Crippen molar-refractivity contribution in [1.82, 2.24) is 0 Å². The predicted octanol–water partition coefficient (Wildman–Crippen LogP) is 10.1. The molecule has 2 aliphatic rings. The Morgan fingerprint density at radius 1 is 0.587 bits per heavy atom. The van der Waals surface area contributed by atoms with Crippen LogP contribution in [0.4, 0.5) is 0 Å².